The minimum atomic E-state index is 0.178. The summed E-state index contributed by atoms with van der Waals surface area (Å²) < 4.78 is 0. The molecule has 0 aromatic rings. The highest BCUT2D eigenvalue weighted by Crippen LogP contribution is 2.42. The van der Waals surface area contributed by atoms with Crippen LogP contribution in [0.25, 0.3) is 0 Å². The molecule has 3 unspecified atom stereocenters. The third-order valence-corrected chi connectivity index (χ3v) is 5.11. The van der Waals surface area contributed by atoms with Crippen molar-refractivity contribution in [2.24, 2.45) is 23.0 Å². The van der Waals surface area contributed by atoms with E-state index < -0.39 is 0 Å². The minimum Gasteiger partial charge on any atom is -0.353 e. The summed E-state index contributed by atoms with van der Waals surface area (Å²) in [7, 11) is 0. The molecule has 2 rings (SSSR count). The molecule has 2 aliphatic rings. The first-order chi connectivity index (χ1) is 8.54. The summed E-state index contributed by atoms with van der Waals surface area (Å²) in [5.74, 6) is 0.980. The minimum absolute atomic E-state index is 0.178. The second kappa shape index (κ2) is 5.60. The van der Waals surface area contributed by atoms with Crippen molar-refractivity contribution in [2.45, 2.75) is 64.8 Å². The van der Waals surface area contributed by atoms with E-state index in [4.69, 9.17) is 5.73 Å². The van der Waals surface area contributed by atoms with Crippen LogP contribution in [0.4, 0.5) is 0 Å². The van der Waals surface area contributed by atoms with Crippen LogP contribution in [0.2, 0.25) is 0 Å². The first kappa shape index (κ1) is 13.9. The van der Waals surface area contributed by atoms with Gasteiger partial charge in [-0.3, -0.25) is 4.79 Å². The fourth-order valence-electron chi connectivity index (χ4n) is 3.78. The Balaban J connectivity index is 1.94. The van der Waals surface area contributed by atoms with Crippen molar-refractivity contribution in [3.63, 3.8) is 0 Å². The lowest BCUT2D eigenvalue weighted by molar-refractivity contribution is -0.128. The number of carbonyl (C=O) groups excluding carboxylic acids is 1. The van der Waals surface area contributed by atoms with Gasteiger partial charge in [0.05, 0.1) is 0 Å². The second-order valence-corrected chi connectivity index (χ2v) is 6.83. The molecular formula is C15H28N2O. The highest BCUT2D eigenvalue weighted by molar-refractivity contribution is 5.80. The molecule has 0 radical (unpaired) electrons. The van der Waals surface area contributed by atoms with Crippen LogP contribution in [0.1, 0.15) is 58.8 Å². The zero-order valence-electron chi connectivity index (χ0n) is 11.9. The normalized spacial score (nSPS) is 35.4. The number of hydrogen-bond acceptors (Lipinski definition) is 2. The molecule has 3 N–H and O–H groups in total. The Morgan fingerprint density at radius 2 is 1.94 bits per heavy atom. The van der Waals surface area contributed by atoms with Crippen LogP contribution >= 0.6 is 0 Å². The predicted octanol–water partition coefficient (Wildman–Crippen LogP) is 2.45. The average molecular weight is 252 g/mol. The predicted molar refractivity (Wildman–Crippen MR) is 74.1 cm³/mol. The van der Waals surface area contributed by atoms with E-state index in [1.807, 2.05) is 0 Å². The third kappa shape index (κ3) is 2.87. The number of nitrogens with two attached hydrogens (primary N) is 1. The van der Waals surface area contributed by atoms with Crippen LogP contribution in [0.5, 0.6) is 0 Å². The van der Waals surface area contributed by atoms with E-state index in [1.54, 1.807) is 0 Å². The average Bonchev–Trinajstić information content (AvgIpc) is 2.69. The van der Waals surface area contributed by atoms with Gasteiger partial charge in [0.1, 0.15) is 0 Å². The number of amides is 1. The maximum atomic E-state index is 12.4. The molecule has 18 heavy (non-hydrogen) atoms. The molecule has 0 aliphatic heterocycles. The monoisotopic (exact) mass is 252 g/mol. The van der Waals surface area contributed by atoms with Crippen molar-refractivity contribution in [2.75, 3.05) is 6.54 Å². The fourth-order valence-corrected chi connectivity index (χ4v) is 3.78. The number of nitrogens with one attached hydrogen (secondary N) is 1. The maximum Gasteiger partial charge on any atom is 0.223 e. The van der Waals surface area contributed by atoms with E-state index in [0.29, 0.717) is 18.5 Å². The Hall–Kier alpha value is -0.570. The molecule has 3 nitrogen and oxygen atoms in total. The Morgan fingerprint density at radius 1 is 1.22 bits per heavy atom. The Bertz CT molecular complexity index is 301. The summed E-state index contributed by atoms with van der Waals surface area (Å²) in [6.45, 7) is 5.16. The molecule has 104 valence electrons. The van der Waals surface area contributed by atoms with Gasteiger partial charge in [0.2, 0.25) is 5.91 Å². The van der Waals surface area contributed by atoms with Gasteiger partial charge >= 0.3 is 0 Å². The smallest absolute Gasteiger partial charge is 0.223 e. The van der Waals surface area contributed by atoms with Crippen LogP contribution in [-0.2, 0) is 4.79 Å². The molecule has 0 heterocycles. The van der Waals surface area contributed by atoms with Crippen molar-refractivity contribution < 1.29 is 4.79 Å². The Kier molecular flexibility index (Phi) is 4.31. The molecule has 0 bridgehead atoms. The van der Waals surface area contributed by atoms with Gasteiger partial charge in [0.15, 0.2) is 0 Å². The summed E-state index contributed by atoms with van der Waals surface area (Å²) in [6.07, 6.45) is 8.21. The summed E-state index contributed by atoms with van der Waals surface area (Å²) in [4.78, 5) is 12.4. The first-order valence-electron chi connectivity index (χ1n) is 7.55. The van der Waals surface area contributed by atoms with Gasteiger partial charge in [-0.25, -0.2) is 0 Å². The zero-order chi connectivity index (χ0) is 13.2. The molecule has 2 fully saturated rings. The fraction of sp³-hybridized carbons (Fsp3) is 0.933. The SMILES string of the molecule is CC1(C)CCCC1C(=O)NC1CCCCC1CN. The lowest BCUT2D eigenvalue weighted by Crippen LogP contribution is -2.48. The van der Waals surface area contributed by atoms with E-state index in [0.717, 1.165) is 12.8 Å². The first-order valence-corrected chi connectivity index (χ1v) is 7.55. The lowest BCUT2D eigenvalue weighted by Gasteiger charge is -2.34. The van der Waals surface area contributed by atoms with Gasteiger partial charge in [-0.2, -0.15) is 0 Å². The van der Waals surface area contributed by atoms with E-state index in [9.17, 15) is 4.79 Å². The molecule has 3 heteroatoms. The molecule has 1 amide bonds. The molecular weight excluding hydrogens is 224 g/mol. The summed E-state index contributed by atoms with van der Waals surface area (Å²) >= 11 is 0. The molecule has 0 spiro atoms. The number of carbonyl (C=O) groups is 1. The van der Waals surface area contributed by atoms with Crippen molar-refractivity contribution in [1.82, 2.24) is 5.32 Å². The molecule has 0 aromatic carbocycles. The highest BCUT2D eigenvalue weighted by Gasteiger charge is 2.40. The van der Waals surface area contributed by atoms with Crippen LogP contribution in [0.15, 0.2) is 0 Å². The molecule has 0 saturated heterocycles. The molecule has 0 aromatic heterocycles. The van der Waals surface area contributed by atoms with Crippen LogP contribution in [0.3, 0.4) is 0 Å². The molecule has 2 aliphatic carbocycles. The van der Waals surface area contributed by atoms with Crippen LogP contribution in [0, 0.1) is 17.3 Å². The zero-order valence-corrected chi connectivity index (χ0v) is 11.9. The number of rotatable bonds is 3. The summed E-state index contributed by atoms with van der Waals surface area (Å²) in [6, 6.07) is 0.327. The highest BCUT2D eigenvalue weighted by atomic mass is 16.2. The van der Waals surface area contributed by atoms with Gasteiger partial charge in [-0.1, -0.05) is 33.1 Å². The van der Waals surface area contributed by atoms with E-state index in [1.165, 1.54) is 32.1 Å². The van der Waals surface area contributed by atoms with E-state index >= 15 is 0 Å². The van der Waals surface area contributed by atoms with E-state index in [2.05, 4.69) is 19.2 Å². The van der Waals surface area contributed by atoms with Crippen LogP contribution < -0.4 is 11.1 Å². The van der Waals surface area contributed by atoms with Gasteiger partial charge in [-0.15, -0.1) is 0 Å². The maximum absolute atomic E-state index is 12.4. The Morgan fingerprint density at radius 3 is 2.56 bits per heavy atom. The van der Waals surface area contributed by atoms with Crippen LogP contribution in [-0.4, -0.2) is 18.5 Å². The lowest BCUT2D eigenvalue weighted by atomic mass is 9.80. The van der Waals surface area contributed by atoms with E-state index in [-0.39, 0.29) is 17.2 Å². The largest absolute Gasteiger partial charge is 0.353 e. The van der Waals surface area contributed by atoms with Crippen molar-refractivity contribution in [3.05, 3.63) is 0 Å². The molecule has 2 saturated carbocycles. The van der Waals surface area contributed by atoms with Gasteiger partial charge in [0.25, 0.3) is 0 Å². The van der Waals surface area contributed by atoms with Crippen molar-refractivity contribution in [3.8, 4) is 0 Å². The van der Waals surface area contributed by atoms with Gasteiger partial charge in [-0.05, 0) is 43.6 Å². The number of hydrogen-bond donors (Lipinski definition) is 2. The summed E-state index contributed by atoms with van der Waals surface area (Å²) in [5.41, 5.74) is 6.00. The standard InChI is InChI=1S/C15H28N2O/c1-15(2)9-5-7-12(15)14(18)17-13-8-4-3-6-11(13)10-16/h11-13H,3-10,16H2,1-2H3,(H,17,18). The van der Waals surface area contributed by atoms with Crippen molar-refractivity contribution >= 4 is 5.91 Å². The van der Waals surface area contributed by atoms with Crippen molar-refractivity contribution in [1.29, 1.82) is 0 Å². The topological polar surface area (TPSA) is 55.1 Å². The third-order valence-electron chi connectivity index (χ3n) is 5.11. The van der Waals surface area contributed by atoms with Gasteiger partial charge < -0.3 is 11.1 Å². The van der Waals surface area contributed by atoms with Gasteiger partial charge in [0, 0.05) is 12.0 Å². The molecule has 3 atom stereocenters. The Labute approximate surface area is 111 Å². The summed E-state index contributed by atoms with van der Waals surface area (Å²) in [5, 5.41) is 3.30. The quantitative estimate of drug-likeness (QED) is 0.810. The second-order valence-electron chi connectivity index (χ2n) is 6.83.